The molecule has 0 amide bonds. The van der Waals surface area contributed by atoms with Gasteiger partial charge in [-0.05, 0) is 69.6 Å². The van der Waals surface area contributed by atoms with Crippen LogP contribution in [-0.2, 0) is 13.0 Å². The standard InChI is InChI=1S/C15H15BrClF3N6S/c1-7-10(4-8(21)5-15(18,19)20)12(16)26-11(7)13(23-14(17)24-26)22-6-9-2-3-27-25-9/h2-3,8H,4-6,21H2,1H3,(H,22,23,24)/t8-/m1/s1. The Balaban J connectivity index is 1.96. The number of anilines is 1. The quantitative estimate of drug-likeness (QED) is 0.545. The van der Waals surface area contributed by atoms with Crippen molar-refractivity contribution in [1.82, 2.24) is 19.0 Å². The first-order chi connectivity index (χ1) is 12.7. The molecule has 3 aromatic heterocycles. The third kappa shape index (κ3) is 4.71. The fourth-order valence-corrected chi connectivity index (χ4v) is 4.22. The fourth-order valence-electron chi connectivity index (χ4n) is 2.80. The summed E-state index contributed by atoms with van der Waals surface area (Å²) in [5, 5.41) is 9.18. The summed E-state index contributed by atoms with van der Waals surface area (Å²) in [7, 11) is 0. The van der Waals surface area contributed by atoms with Gasteiger partial charge in [0.05, 0.1) is 18.7 Å². The number of fused-ring (bicyclic) bond motifs is 1. The van der Waals surface area contributed by atoms with Crippen LogP contribution in [0.1, 0.15) is 23.2 Å². The van der Waals surface area contributed by atoms with E-state index in [0.717, 1.165) is 11.3 Å². The Bertz CT molecular complexity index is 944. The van der Waals surface area contributed by atoms with Gasteiger partial charge in [-0.2, -0.15) is 22.5 Å². The van der Waals surface area contributed by atoms with Gasteiger partial charge in [0.15, 0.2) is 5.82 Å². The molecule has 0 aliphatic carbocycles. The molecule has 0 bridgehead atoms. The van der Waals surface area contributed by atoms with Gasteiger partial charge in [-0.15, -0.1) is 5.10 Å². The number of hydrogen-bond donors (Lipinski definition) is 2. The Kier molecular flexibility index (Phi) is 5.94. The molecule has 0 saturated heterocycles. The SMILES string of the molecule is Cc1c(C[C@@H](N)CC(F)(F)F)c(Br)n2nc(Cl)nc(NCc3ccsn3)c12. The maximum Gasteiger partial charge on any atom is 0.390 e. The Labute approximate surface area is 170 Å². The number of hydrogen-bond acceptors (Lipinski definition) is 6. The van der Waals surface area contributed by atoms with Crippen LogP contribution < -0.4 is 11.1 Å². The average Bonchev–Trinajstić information content (AvgIpc) is 3.14. The van der Waals surface area contributed by atoms with E-state index in [-0.39, 0.29) is 11.7 Å². The molecule has 0 unspecified atom stereocenters. The second-order valence-corrected chi connectivity index (χ2v) is 7.77. The van der Waals surface area contributed by atoms with Crippen LogP contribution in [0.3, 0.4) is 0 Å². The number of aryl methyl sites for hydroxylation is 1. The number of nitrogens with two attached hydrogens (primary N) is 1. The predicted molar refractivity (Wildman–Crippen MR) is 102 cm³/mol. The van der Waals surface area contributed by atoms with E-state index in [9.17, 15) is 13.2 Å². The van der Waals surface area contributed by atoms with E-state index in [1.807, 2.05) is 11.4 Å². The van der Waals surface area contributed by atoms with Crippen molar-refractivity contribution in [2.45, 2.75) is 38.5 Å². The molecule has 6 nitrogen and oxygen atoms in total. The van der Waals surface area contributed by atoms with E-state index < -0.39 is 18.6 Å². The second kappa shape index (κ2) is 7.90. The van der Waals surface area contributed by atoms with Crippen LogP contribution in [0.25, 0.3) is 5.52 Å². The van der Waals surface area contributed by atoms with Crippen LogP contribution in [0, 0.1) is 6.92 Å². The number of nitrogens with zero attached hydrogens (tertiary/aromatic N) is 4. The molecule has 3 aromatic rings. The zero-order valence-electron chi connectivity index (χ0n) is 14.0. The van der Waals surface area contributed by atoms with Crippen molar-refractivity contribution < 1.29 is 13.2 Å². The predicted octanol–water partition coefficient (Wildman–Crippen LogP) is 4.34. The Morgan fingerprint density at radius 1 is 1.44 bits per heavy atom. The third-order valence-corrected chi connectivity index (χ3v) is 5.53. The van der Waals surface area contributed by atoms with Crippen molar-refractivity contribution in [3.8, 4) is 0 Å². The van der Waals surface area contributed by atoms with Crippen LogP contribution in [0.15, 0.2) is 16.0 Å². The lowest BCUT2D eigenvalue weighted by Gasteiger charge is -2.14. The largest absolute Gasteiger partial charge is 0.390 e. The number of halogens is 5. The lowest BCUT2D eigenvalue weighted by molar-refractivity contribution is -0.138. The topological polar surface area (TPSA) is 81.1 Å². The highest BCUT2D eigenvalue weighted by atomic mass is 79.9. The van der Waals surface area contributed by atoms with Crippen molar-refractivity contribution in [3.05, 3.63) is 38.2 Å². The van der Waals surface area contributed by atoms with Crippen LogP contribution in [-0.4, -0.2) is 31.2 Å². The summed E-state index contributed by atoms with van der Waals surface area (Å²) in [5.41, 5.74) is 8.54. The maximum atomic E-state index is 12.6. The summed E-state index contributed by atoms with van der Waals surface area (Å²) in [6.07, 6.45) is -5.34. The van der Waals surface area contributed by atoms with Crippen molar-refractivity contribution in [2.24, 2.45) is 5.73 Å². The van der Waals surface area contributed by atoms with Gasteiger partial charge < -0.3 is 11.1 Å². The molecular weight excluding hydrogens is 469 g/mol. The highest BCUT2D eigenvalue weighted by Gasteiger charge is 2.31. The summed E-state index contributed by atoms with van der Waals surface area (Å²) < 4.78 is 44.1. The minimum Gasteiger partial charge on any atom is -0.362 e. The van der Waals surface area contributed by atoms with E-state index in [2.05, 4.69) is 35.7 Å². The van der Waals surface area contributed by atoms with Gasteiger partial charge in [0.25, 0.3) is 0 Å². The lowest BCUT2D eigenvalue weighted by Crippen LogP contribution is -2.29. The van der Waals surface area contributed by atoms with Crippen LogP contribution in [0.5, 0.6) is 0 Å². The smallest absolute Gasteiger partial charge is 0.362 e. The van der Waals surface area contributed by atoms with Gasteiger partial charge in [0, 0.05) is 11.4 Å². The third-order valence-electron chi connectivity index (χ3n) is 3.95. The zero-order chi connectivity index (χ0) is 19.8. The van der Waals surface area contributed by atoms with Crippen LogP contribution in [0.4, 0.5) is 19.0 Å². The number of aromatic nitrogens is 4. The van der Waals surface area contributed by atoms with Crippen molar-refractivity contribution >= 4 is 50.4 Å². The average molecular weight is 484 g/mol. The molecule has 0 saturated carbocycles. The Morgan fingerprint density at radius 3 is 2.81 bits per heavy atom. The second-order valence-electron chi connectivity index (χ2n) is 6.01. The number of alkyl halides is 3. The van der Waals surface area contributed by atoms with E-state index in [0.29, 0.717) is 28.0 Å². The Hall–Kier alpha value is -1.43. The van der Waals surface area contributed by atoms with E-state index >= 15 is 0 Å². The first-order valence-corrected chi connectivity index (χ1v) is 9.85. The molecular formula is C15H15BrClF3N6S. The summed E-state index contributed by atoms with van der Waals surface area (Å²) in [6, 6.07) is 0.812. The lowest BCUT2D eigenvalue weighted by atomic mass is 10.0. The maximum absolute atomic E-state index is 12.6. The first kappa shape index (κ1) is 20.3. The van der Waals surface area contributed by atoms with Gasteiger partial charge in [-0.1, -0.05) is 0 Å². The molecule has 0 radical (unpaired) electrons. The van der Waals surface area contributed by atoms with Crippen molar-refractivity contribution in [2.75, 3.05) is 5.32 Å². The van der Waals surface area contributed by atoms with Crippen LogP contribution >= 0.6 is 39.1 Å². The van der Waals surface area contributed by atoms with E-state index in [1.54, 1.807) is 6.92 Å². The monoisotopic (exact) mass is 482 g/mol. The first-order valence-electron chi connectivity index (χ1n) is 7.84. The number of nitrogens with one attached hydrogen (secondary N) is 1. The fraction of sp³-hybridized carbons (Fsp3) is 0.400. The highest BCUT2D eigenvalue weighted by Crippen LogP contribution is 2.33. The Morgan fingerprint density at radius 2 is 2.19 bits per heavy atom. The molecule has 27 heavy (non-hydrogen) atoms. The molecule has 0 aliphatic heterocycles. The van der Waals surface area contributed by atoms with Gasteiger partial charge in [-0.25, -0.2) is 4.52 Å². The summed E-state index contributed by atoms with van der Waals surface area (Å²) >= 11 is 10.8. The molecule has 3 heterocycles. The van der Waals surface area contributed by atoms with E-state index in [4.69, 9.17) is 17.3 Å². The van der Waals surface area contributed by atoms with Gasteiger partial charge in [0.2, 0.25) is 5.28 Å². The van der Waals surface area contributed by atoms with Gasteiger partial charge in [0.1, 0.15) is 10.1 Å². The normalized spacial score (nSPS) is 13.3. The molecule has 0 aromatic carbocycles. The van der Waals surface area contributed by atoms with Gasteiger partial charge >= 0.3 is 6.18 Å². The highest BCUT2D eigenvalue weighted by molar-refractivity contribution is 9.10. The molecule has 3 N–H and O–H groups in total. The molecule has 3 rings (SSSR count). The summed E-state index contributed by atoms with van der Waals surface area (Å²) in [4.78, 5) is 4.22. The van der Waals surface area contributed by atoms with Crippen LogP contribution in [0.2, 0.25) is 5.28 Å². The van der Waals surface area contributed by atoms with Gasteiger partial charge in [-0.3, -0.25) is 0 Å². The molecule has 0 aliphatic rings. The van der Waals surface area contributed by atoms with Crippen molar-refractivity contribution in [1.29, 1.82) is 0 Å². The minimum atomic E-state index is -4.32. The molecule has 0 fully saturated rings. The molecule has 146 valence electrons. The molecule has 0 spiro atoms. The van der Waals surface area contributed by atoms with Crippen molar-refractivity contribution in [3.63, 3.8) is 0 Å². The minimum absolute atomic E-state index is 0.00474. The summed E-state index contributed by atoms with van der Waals surface area (Å²) in [5.74, 6) is 0.469. The van der Waals surface area contributed by atoms with E-state index in [1.165, 1.54) is 16.0 Å². The molecule has 12 heteroatoms. The molecule has 1 atom stereocenters. The number of rotatable bonds is 6. The summed E-state index contributed by atoms with van der Waals surface area (Å²) in [6.45, 7) is 2.22. The zero-order valence-corrected chi connectivity index (χ0v) is 17.2.